The van der Waals surface area contributed by atoms with Crippen molar-refractivity contribution in [1.29, 1.82) is 0 Å². The predicted molar refractivity (Wildman–Crippen MR) is 35.9 cm³/mol. The summed E-state index contributed by atoms with van der Waals surface area (Å²) in [4.78, 5) is 0. The van der Waals surface area contributed by atoms with Crippen LogP contribution in [0.15, 0.2) is 17.0 Å². The van der Waals surface area contributed by atoms with Gasteiger partial charge >= 0.3 is 0 Å². The van der Waals surface area contributed by atoms with Crippen LogP contribution < -0.4 is 0 Å². The first-order chi connectivity index (χ1) is 4.26. The summed E-state index contributed by atoms with van der Waals surface area (Å²) in [5.41, 5.74) is 1.11. The number of allylic oxidation sites excluding steroid dienone is 1. The number of hydrogen-bond acceptors (Lipinski definition) is 3. The van der Waals surface area contributed by atoms with Gasteiger partial charge in [0.05, 0.1) is 12.0 Å². The highest BCUT2D eigenvalue weighted by Crippen LogP contribution is 1.98. The van der Waals surface area contributed by atoms with E-state index in [0.717, 1.165) is 6.26 Å². The standard InChI is InChI=1S/C6H11NO2/c1-3-6(7-9)5(2)4-8/h4,8-9H,3H2,1-2H3/b5-4+,7-6-. The maximum atomic E-state index is 8.41. The third-order valence-corrected chi connectivity index (χ3v) is 1.10. The molecule has 0 aliphatic heterocycles. The summed E-state index contributed by atoms with van der Waals surface area (Å²) >= 11 is 0. The Balaban J connectivity index is 4.14. The zero-order valence-corrected chi connectivity index (χ0v) is 5.63. The quantitative estimate of drug-likeness (QED) is 0.258. The molecule has 0 saturated carbocycles. The molecule has 0 rings (SSSR count). The highest BCUT2D eigenvalue weighted by Gasteiger charge is 1.97. The first kappa shape index (κ1) is 8.01. The van der Waals surface area contributed by atoms with E-state index in [2.05, 4.69) is 5.16 Å². The van der Waals surface area contributed by atoms with Crippen molar-refractivity contribution in [3.8, 4) is 0 Å². The van der Waals surface area contributed by atoms with Gasteiger partial charge in [0.15, 0.2) is 0 Å². The van der Waals surface area contributed by atoms with Gasteiger partial charge < -0.3 is 10.3 Å². The molecule has 0 aliphatic carbocycles. The Bertz CT molecular complexity index is 138. The van der Waals surface area contributed by atoms with Crippen LogP contribution in [-0.2, 0) is 0 Å². The van der Waals surface area contributed by atoms with Crippen molar-refractivity contribution in [3.63, 3.8) is 0 Å². The summed E-state index contributed by atoms with van der Waals surface area (Å²) in [6.07, 6.45) is 1.55. The van der Waals surface area contributed by atoms with Crippen LogP contribution in [0.2, 0.25) is 0 Å². The van der Waals surface area contributed by atoms with Crippen LogP contribution in [0.1, 0.15) is 20.3 Å². The predicted octanol–water partition coefficient (Wildman–Crippen LogP) is 1.69. The topological polar surface area (TPSA) is 52.8 Å². The van der Waals surface area contributed by atoms with Crippen LogP contribution in [0, 0.1) is 0 Å². The lowest BCUT2D eigenvalue weighted by atomic mass is 10.2. The molecule has 0 saturated heterocycles. The van der Waals surface area contributed by atoms with Crippen LogP contribution in [-0.4, -0.2) is 16.0 Å². The highest BCUT2D eigenvalue weighted by molar-refractivity contribution is 5.98. The van der Waals surface area contributed by atoms with Gasteiger partial charge in [-0.15, -0.1) is 0 Å². The normalized spacial score (nSPS) is 14.0. The van der Waals surface area contributed by atoms with Gasteiger partial charge in [0.1, 0.15) is 0 Å². The fourth-order valence-corrected chi connectivity index (χ4v) is 0.503. The molecule has 0 heterocycles. The fraction of sp³-hybridized carbons (Fsp3) is 0.500. The molecule has 0 spiro atoms. The molecule has 0 bridgehead atoms. The molecule has 3 nitrogen and oxygen atoms in total. The monoisotopic (exact) mass is 129 g/mol. The third-order valence-electron chi connectivity index (χ3n) is 1.10. The maximum Gasteiger partial charge on any atom is 0.0852 e. The molecule has 0 fully saturated rings. The summed E-state index contributed by atoms with van der Waals surface area (Å²) < 4.78 is 0. The van der Waals surface area contributed by atoms with Crippen molar-refractivity contribution in [2.24, 2.45) is 5.16 Å². The first-order valence-electron chi connectivity index (χ1n) is 2.78. The van der Waals surface area contributed by atoms with E-state index in [0.29, 0.717) is 17.7 Å². The van der Waals surface area contributed by atoms with Gasteiger partial charge in [-0.25, -0.2) is 0 Å². The third kappa shape index (κ3) is 2.17. The zero-order valence-electron chi connectivity index (χ0n) is 5.63. The fourth-order valence-electron chi connectivity index (χ4n) is 0.503. The number of hydrogen-bond donors (Lipinski definition) is 2. The summed E-state index contributed by atoms with van der Waals surface area (Å²) in [5.74, 6) is 0. The van der Waals surface area contributed by atoms with E-state index in [4.69, 9.17) is 10.3 Å². The minimum Gasteiger partial charge on any atom is -0.515 e. The highest BCUT2D eigenvalue weighted by atomic mass is 16.4. The van der Waals surface area contributed by atoms with E-state index >= 15 is 0 Å². The van der Waals surface area contributed by atoms with Crippen molar-refractivity contribution in [1.82, 2.24) is 0 Å². The van der Waals surface area contributed by atoms with E-state index in [1.807, 2.05) is 6.92 Å². The van der Waals surface area contributed by atoms with Gasteiger partial charge in [0.25, 0.3) is 0 Å². The molecule has 0 unspecified atom stereocenters. The lowest BCUT2D eigenvalue weighted by molar-refractivity contribution is 0.318. The Kier molecular flexibility index (Phi) is 3.51. The van der Waals surface area contributed by atoms with Gasteiger partial charge in [0.2, 0.25) is 0 Å². The summed E-state index contributed by atoms with van der Waals surface area (Å²) in [7, 11) is 0. The van der Waals surface area contributed by atoms with Gasteiger partial charge in [-0.05, 0) is 13.3 Å². The van der Waals surface area contributed by atoms with Crippen molar-refractivity contribution >= 4 is 5.71 Å². The Morgan fingerprint density at radius 2 is 2.22 bits per heavy atom. The molecule has 3 heteroatoms. The van der Waals surface area contributed by atoms with Crippen molar-refractivity contribution < 1.29 is 10.3 Å². The minimum absolute atomic E-state index is 0.512. The Hall–Kier alpha value is -0.990. The number of rotatable bonds is 2. The number of oxime groups is 1. The summed E-state index contributed by atoms with van der Waals surface area (Å²) in [5, 5.41) is 19.6. The molecular weight excluding hydrogens is 118 g/mol. The van der Waals surface area contributed by atoms with E-state index in [1.165, 1.54) is 0 Å². The molecule has 0 atom stereocenters. The van der Waals surface area contributed by atoms with Crippen LogP contribution in [0.3, 0.4) is 0 Å². The van der Waals surface area contributed by atoms with E-state index in [-0.39, 0.29) is 0 Å². The molecule has 0 aromatic heterocycles. The lowest BCUT2D eigenvalue weighted by Gasteiger charge is -1.96. The van der Waals surface area contributed by atoms with Crippen LogP contribution in [0.4, 0.5) is 0 Å². The second-order valence-corrected chi connectivity index (χ2v) is 1.71. The molecule has 0 amide bonds. The Labute approximate surface area is 54.3 Å². The van der Waals surface area contributed by atoms with Gasteiger partial charge in [0, 0.05) is 5.57 Å². The van der Waals surface area contributed by atoms with Gasteiger partial charge in [-0.2, -0.15) is 0 Å². The number of aliphatic hydroxyl groups excluding tert-OH is 1. The van der Waals surface area contributed by atoms with Gasteiger partial charge in [-0.1, -0.05) is 12.1 Å². The maximum absolute atomic E-state index is 8.41. The van der Waals surface area contributed by atoms with Crippen molar-refractivity contribution in [2.45, 2.75) is 20.3 Å². The van der Waals surface area contributed by atoms with Crippen molar-refractivity contribution in [3.05, 3.63) is 11.8 Å². The Morgan fingerprint density at radius 1 is 1.67 bits per heavy atom. The summed E-state index contributed by atoms with van der Waals surface area (Å²) in [6, 6.07) is 0. The molecule has 0 aromatic rings. The van der Waals surface area contributed by atoms with Crippen LogP contribution in [0.25, 0.3) is 0 Å². The SMILES string of the molecule is CCC(=N/O)/C(C)=C/O. The molecular formula is C6H11NO2. The van der Waals surface area contributed by atoms with Crippen LogP contribution in [0.5, 0.6) is 0 Å². The average molecular weight is 129 g/mol. The van der Waals surface area contributed by atoms with E-state index in [9.17, 15) is 0 Å². The lowest BCUT2D eigenvalue weighted by Crippen LogP contribution is -1.97. The Morgan fingerprint density at radius 3 is 2.33 bits per heavy atom. The summed E-state index contributed by atoms with van der Waals surface area (Å²) in [6.45, 7) is 3.53. The molecule has 0 aromatic carbocycles. The molecule has 0 aliphatic rings. The molecule has 2 N–H and O–H groups in total. The average Bonchev–Trinajstić information content (AvgIpc) is 1.90. The minimum atomic E-state index is 0.512. The molecule has 52 valence electrons. The number of nitrogens with zero attached hydrogens (tertiary/aromatic N) is 1. The molecule has 0 radical (unpaired) electrons. The van der Waals surface area contributed by atoms with Crippen molar-refractivity contribution in [2.75, 3.05) is 0 Å². The second-order valence-electron chi connectivity index (χ2n) is 1.71. The largest absolute Gasteiger partial charge is 0.515 e. The van der Waals surface area contributed by atoms with Crippen LogP contribution >= 0.6 is 0 Å². The zero-order chi connectivity index (χ0) is 7.28. The second kappa shape index (κ2) is 3.95. The molecule has 9 heavy (non-hydrogen) atoms. The first-order valence-corrected chi connectivity index (χ1v) is 2.78. The van der Waals surface area contributed by atoms with E-state index in [1.54, 1.807) is 6.92 Å². The van der Waals surface area contributed by atoms with Gasteiger partial charge in [-0.3, -0.25) is 0 Å². The smallest absolute Gasteiger partial charge is 0.0852 e. The van der Waals surface area contributed by atoms with E-state index < -0.39 is 0 Å². The number of aliphatic hydroxyl groups is 1.